The molecule has 0 spiro atoms. The average Bonchev–Trinajstić information content (AvgIpc) is 2.84. The molecule has 6 heteroatoms. The van der Waals surface area contributed by atoms with E-state index in [9.17, 15) is 9.18 Å². The molecule has 0 radical (unpaired) electrons. The zero-order chi connectivity index (χ0) is 14.4. The maximum Gasteiger partial charge on any atom is 0.250 e. The van der Waals surface area contributed by atoms with Gasteiger partial charge in [-0.05, 0) is 30.2 Å². The minimum absolute atomic E-state index is 0.312. The fraction of sp³-hybridized carbons (Fsp3) is 0.214. The van der Waals surface area contributed by atoms with Gasteiger partial charge in [-0.25, -0.2) is 4.39 Å². The number of hydrogen-bond donors (Lipinski definition) is 1. The number of hydrogen-bond acceptors (Lipinski definition) is 4. The zero-order valence-corrected chi connectivity index (χ0v) is 11.8. The van der Waals surface area contributed by atoms with Crippen LogP contribution in [0.5, 0.6) is 0 Å². The fourth-order valence-corrected chi connectivity index (χ4v) is 2.39. The van der Waals surface area contributed by atoms with Gasteiger partial charge in [-0.15, -0.1) is 10.2 Å². The SMILES string of the molecule is CCCc1nnc(NC(=O)C=Cc2cccc(F)c2)s1. The van der Waals surface area contributed by atoms with Crippen LogP contribution in [0.3, 0.4) is 0 Å². The Balaban J connectivity index is 1.94. The summed E-state index contributed by atoms with van der Waals surface area (Å²) in [5.41, 5.74) is 0.629. The van der Waals surface area contributed by atoms with Crippen molar-refractivity contribution in [3.05, 3.63) is 46.7 Å². The minimum Gasteiger partial charge on any atom is -0.297 e. The Morgan fingerprint density at radius 2 is 2.30 bits per heavy atom. The molecule has 0 atom stereocenters. The van der Waals surface area contributed by atoms with Gasteiger partial charge in [0.25, 0.3) is 0 Å². The quantitative estimate of drug-likeness (QED) is 0.860. The van der Waals surface area contributed by atoms with Crippen LogP contribution in [-0.2, 0) is 11.2 Å². The number of rotatable bonds is 5. The second-order valence-corrected chi connectivity index (χ2v) is 5.19. The van der Waals surface area contributed by atoms with Crippen molar-refractivity contribution in [1.29, 1.82) is 0 Å². The van der Waals surface area contributed by atoms with Crippen LogP contribution in [0.1, 0.15) is 23.9 Å². The highest BCUT2D eigenvalue weighted by Crippen LogP contribution is 2.16. The number of amides is 1. The van der Waals surface area contributed by atoms with Crippen molar-refractivity contribution >= 4 is 28.5 Å². The van der Waals surface area contributed by atoms with Crippen molar-refractivity contribution in [3.8, 4) is 0 Å². The molecule has 2 rings (SSSR count). The van der Waals surface area contributed by atoms with Crippen molar-refractivity contribution in [2.45, 2.75) is 19.8 Å². The summed E-state index contributed by atoms with van der Waals surface area (Å²) < 4.78 is 13.0. The second kappa shape index (κ2) is 6.91. The van der Waals surface area contributed by atoms with Crippen LogP contribution in [0.25, 0.3) is 6.08 Å². The van der Waals surface area contributed by atoms with Crippen molar-refractivity contribution in [1.82, 2.24) is 10.2 Å². The highest BCUT2D eigenvalue weighted by Gasteiger charge is 2.05. The standard InChI is InChI=1S/C14H14FN3OS/c1-2-4-13-17-18-14(20-13)16-12(19)8-7-10-5-3-6-11(15)9-10/h3,5-9H,2,4H2,1H3,(H,16,18,19). The summed E-state index contributed by atoms with van der Waals surface area (Å²) in [6.07, 6.45) is 4.73. The first-order valence-electron chi connectivity index (χ1n) is 6.24. The van der Waals surface area contributed by atoms with Gasteiger partial charge >= 0.3 is 0 Å². The smallest absolute Gasteiger partial charge is 0.250 e. The number of carbonyl (C=O) groups is 1. The van der Waals surface area contributed by atoms with Crippen LogP contribution in [-0.4, -0.2) is 16.1 Å². The van der Waals surface area contributed by atoms with Crippen molar-refractivity contribution in [3.63, 3.8) is 0 Å². The van der Waals surface area contributed by atoms with Gasteiger partial charge in [0.15, 0.2) is 0 Å². The molecule has 1 heterocycles. The number of halogens is 1. The van der Waals surface area contributed by atoms with Gasteiger partial charge in [0, 0.05) is 12.5 Å². The lowest BCUT2D eigenvalue weighted by Gasteiger charge is -1.95. The predicted molar refractivity (Wildman–Crippen MR) is 78.0 cm³/mol. The zero-order valence-electron chi connectivity index (χ0n) is 11.0. The molecular formula is C14H14FN3OS. The monoisotopic (exact) mass is 291 g/mol. The third-order valence-electron chi connectivity index (χ3n) is 2.44. The molecule has 0 bridgehead atoms. The van der Waals surface area contributed by atoms with Crippen molar-refractivity contribution in [2.24, 2.45) is 0 Å². The summed E-state index contributed by atoms with van der Waals surface area (Å²) in [7, 11) is 0. The second-order valence-electron chi connectivity index (χ2n) is 4.13. The van der Waals surface area contributed by atoms with Crippen molar-refractivity contribution < 1.29 is 9.18 Å². The van der Waals surface area contributed by atoms with Gasteiger partial charge in [0.2, 0.25) is 11.0 Å². The van der Waals surface area contributed by atoms with E-state index in [1.54, 1.807) is 18.2 Å². The third-order valence-corrected chi connectivity index (χ3v) is 3.34. The number of aryl methyl sites for hydroxylation is 1. The van der Waals surface area contributed by atoms with Crippen LogP contribution in [0.2, 0.25) is 0 Å². The van der Waals surface area contributed by atoms with E-state index in [0.717, 1.165) is 17.8 Å². The van der Waals surface area contributed by atoms with Gasteiger partial charge < -0.3 is 0 Å². The molecule has 0 aliphatic rings. The summed E-state index contributed by atoms with van der Waals surface area (Å²) in [6, 6.07) is 6.02. The van der Waals surface area contributed by atoms with Gasteiger partial charge in [-0.1, -0.05) is 30.4 Å². The Morgan fingerprint density at radius 1 is 1.45 bits per heavy atom. The Morgan fingerprint density at radius 3 is 3.05 bits per heavy atom. The van der Waals surface area contributed by atoms with E-state index in [-0.39, 0.29) is 11.7 Å². The van der Waals surface area contributed by atoms with Crippen LogP contribution < -0.4 is 5.32 Å². The van der Waals surface area contributed by atoms with Gasteiger partial charge in [0.05, 0.1) is 0 Å². The number of anilines is 1. The normalized spacial score (nSPS) is 10.9. The predicted octanol–water partition coefficient (Wildman–Crippen LogP) is 3.28. The average molecular weight is 291 g/mol. The molecule has 1 N–H and O–H groups in total. The molecule has 1 aromatic heterocycles. The van der Waals surface area contributed by atoms with Crippen LogP contribution in [0.4, 0.5) is 9.52 Å². The lowest BCUT2D eigenvalue weighted by atomic mass is 10.2. The molecule has 0 saturated heterocycles. The van der Waals surface area contributed by atoms with E-state index in [1.807, 2.05) is 0 Å². The van der Waals surface area contributed by atoms with Crippen LogP contribution in [0, 0.1) is 5.82 Å². The first kappa shape index (κ1) is 14.3. The Bertz CT molecular complexity index is 624. The van der Waals surface area contributed by atoms with E-state index in [0.29, 0.717) is 10.7 Å². The Labute approximate surface area is 120 Å². The van der Waals surface area contributed by atoms with E-state index in [2.05, 4.69) is 22.4 Å². The van der Waals surface area contributed by atoms with Gasteiger partial charge in [0.1, 0.15) is 10.8 Å². The number of aromatic nitrogens is 2. The maximum absolute atomic E-state index is 13.0. The molecule has 0 aliphatic carbocycles. The molecule has 1 amide bonds. The van der Waals surface area contributed by atoms with E-state index in [4.69, 9.17) is 0 Å². The number of carbonyl (C=O) groups excluding carboxylic acids is 1. The van der Waals surface area contributed by atoms with Crippen molar-refractivity contribution in [2.75, 3.05) is 5.32 Å². The number of benzene rings is 1. The third kappa shape index (κ3) is 4.24. The molecule has 4 nitrogen and oxygen atoms in total. The summed E-state index contributed by atoms with van der Waals surface area (Å²) in [5, 5.41) is 11.9. The molecule has 0 unspecified atom stereocenters. The first-order chi connectivity index (χ1) is 9.67. The maximum atomic E-state index is 13.0. The minimum atomic E-state index is -0.333. The molecule has 2 aromatic rings. The van der Waals surface area contributed by atoms with Gasteiger partial charge in [-0.3, -0.25) is 10.1 Å². The van der Waals surface area contributed by atoms with Gasteiger partial charge in [-0.2, -0.15) is 0 Å². The topological polar surface area (TPSA) is 54.9 Å². The molecule has 1 aromatic carbocycles. The molecular weight excluding hydrogens is 277 g/mol. The lowest BCUT2D eigenvalue weighted by Crippen LogP contribution is -2.07. The molecule has 20 heavy (non-hydrogen) atoms. The summed E-state index contributed by atoms with van der Waals surface area (Å²) in [4.78, 5) is 11.7. The van der Waals surface area contributed by atoms with E-state index < -0.39 is 0 Å². The molecule has 0 saturated carbocycles. The van der Waals surface area contributed by atoms with E-state index in [1.165, 1.54) is 29.5 Å². The number of nitrogens with zero attached hydrogens (tertiary/aromatic N) is 2. The summed E-state index contributed by atoms with van der Waals surface area (Å²) in [5.74, 6) is -0.644. The van der Waals surface area contributed by atoms with Crippen LogP contribution >= 0.6 is 11.3 Å². The van der Waals surface area contributed by atoms with E-state index >= 15 is 0 Å². The Hall–Kier alpha value is -2.08. The largest absolute Gasteiger partial charge is 0.297 e. The molecule has 0 aliphatic heterocycles. The Kier molecular flexibility index (Phi) is 4.95. The summed E-state index contributed by atoms with van der Waals surface area (Å²) in [6.45, 7) is 2.06. The first-order valence-corrected chi connectivity index (χ1v) is 7.06. The summed E-state index contributed by atoms with van der Waals surface area (Å²) >= 11 is 1.36. The van der Waals surface area contributed by atoms with Crippen LogP contribution in [0.15, 0.2) is 30.3 Å². The lowest BCUT2D eigenvalue weighted by molar-refractivity contribution is -0.111. The molecule has 0 fully saturated rings. The highest BCUT2D eigenvalue weighted by molar-refractivity contribution is 7.15. The highest BCUT2D eigenvalue weighted by atomic mass is 32.1. The fourth-order valence-electron chi connectivity index (χ4n) is 1.55. The molecule has 104 valence electrons. The number of nitrogens with one attached hydrogen (secondary N) is 1.